The zero-order valence-electron chi connectivity index (χ0n) is 20.1. The van der Waals surface area contributed by atoms with Gasteiger partial charge >= 0.3 is 0 Å². The van der Waals surface area contributed by atoms with Crippen molar-refractivity contribution in [2.75, 3.05) is 13.7 Å². The lowest BCUT2D eigenvalue weighted by atomic mass is 10.0. The Kier molecular flexibility index (Phi) is 6.15. The zero-order chi connectivity index (χ0) is 24.4. The third-order valence-electron chi connectivity index (χ3n) is 6.15. The van der Waals surface area contributed by atoms with Crippen molar-refractivity contribution >= 4 is 28.8 Å². The predicted octanol–water partition coefficient (Wildman–Crippen LogP) is 6.69. The van der Waals surface area contributed by atoms with Gasteiger partial charge in [0.2, 0.25) is 5.78 Å². The van der Waals surface area contributed by atoms with Crippen molar-refractivity contribution in [2.45, 2.75) is 20.4 Å². The van der Waals surface area contributed by atoms with Crippen LogP contribution in [0.25, 0.3) is 23.1 Å². The number of aromatic nitrogens is 1. The highest BCUT2D eigenvalue weighted by Crippen LogP contribution is 2.38. The fourth-order valence-corrected chi connectivity index (χ4v) is 4.40. The minimum Gasteiger partial charge on any atom is -0.497 e. The lowest BCUT2D eigenvalue weighted by Crippen LogP contribution is -2.00. The van der Waals surface area contributed by atoms with Crippen molar-refractivity contribution in [2.24, 2.45) is 0 Å². The topological polar surface area (TPSA) is 49.7 Å². The van der Waals surface area contributed by atoms with E-state index in [-0.39, 0.29) is 5.78 Å². The first-order valence-electron chi connectivity index (χ1n) is 11.7. The number of allylic oxidation sites excluding steroid dienone is 1. The van der Waals surface area contributed by atoms with Crippen molar-refractivity contribution in [3.8, 4) is 17.2 Å². The number of benzene rings is 3. The van der Waals surface area contributed by atoms with Gasteiger partial charge in [0.15, 0.2) is 5.76 Å². The van der Waals surface area contributed by atoms with E-state index in [0.717, 1.165) is 39.9 Å². The zero-order valence-corrected chi connectivity index (χ0v) is 20.1. The number of carbonyl (C=O) groups excluding carboxylic acids is 1. The molecule has 0 aliphatic carbocycles. The number of carbonyl (C=O) groups is 1. The summed E-state index contributed by atoms with van der Waals surface area (Å²) in [5, 5.41) is 1.01. The number of aryl methyl sites for hydroxylation is 2. The second kappa shape index (κ2) is 9.55. The SMILES string of the molecule is CCn1cc(/C=C2\Oc3cc(OC/C=C/c4ccccc4)cc(C)c3C2=O)c2cc(OC)ccc21. The molecule has 0 amide bonds. The highest BCUT2D eigenvalue weighted by molar-refractivity contribution is 6.16. The quantitative estimate of drug-likeness (QED) is 0.286. The molecule has 5 nitrogen and oxygen atoms in total. The summed E-state index contributed by atoms with van der Waals surface area (Å²) < 4.78 is 19.5. The van der Waals surface area contributed by atoms with E-state index in [9.17, 15) is 4.79 Å². The molecule has 0 fully saturated rings. The number of ether oxygens (including phenoxy) is 3. The van der Waals surface area contributed by atoms with Gasteiger partial charge in [-0.15, -0.1) is 0 Å². The molecule has 0 N–H and O–H groups in total. The Morgan fingerprint density at radius 3 is 2.63 bits per heavy atom. The first-order chi connectivity index (χ1) is 17.1. The minimum atomic E-state index is -0.117. The fraction of sp³-hybridized carbons (Fsp3) is 0.167. The molecule has 1 aliphatic heterocycles. The van der Waals surface area contributed by atoms with Gasteiger partial charge in [-0.2, -0.15) is 0 Å². The van der Waals surface area contributed by atoms with E-state index in [4.69, 9.17) is 14.2 Å². The molecule has 2 heterocycles. The number of hydrogen-bond donors (Lipinski definition) is 0. The Bertz CT molecular complexity index is 1460. The first kappa shape index (κ1) is 22.5. The van der Waals surface area contributed by atoms with E-state index in [1.54, 1.807) is 13.2 Å². The number of Topliss-reactive ketones (excluding diaryl/α,β-unsaturated/α-hetero) is 1. The van der Waals surface area contributed by atoms with Gasteiger partial charge in [0.05, 0.1) is 12.7 Å². The lowest BCUT2D eigenvalue weighted by Gasteiger charge is -2.07. The number of ketones is 1. The average molecular weight is 466 g/mol. The van der Waals surface area contributed by atoms with Crippen LogP contribution in [0.5, 0.6) is 17.2 Å². The van der Waals surface area contributed by atoms with E-state index in [0.29, 0.717) is 29.4 Å². The summed E-state index contributed by atoms with van der Waals surface area (Å²) in [7, 11) is 1.65. The monoisotopic (exact) mass is 465 g/mol. The molecule has 0 saturated carbocycles. The van der Waals surface area contributed by atoms with Gasteiger partial charge in [-0.3, -0.25) is 4.79 Å². The molecule has 5 heteroatoms. The van der Waals surface area contributed by atoms with Gasteiger partial charge in [0.25, 0.3) is 0 Å². The van der Waals surface area contributed by atoms with Gasteiger partial charge < -0.3 is 18.8 Å². The van der Waals surface area contributed by atoms with Crippen LogP contribution in [0.4, 0.5) is 0 Å². The molecule has 35 heavy (non-hydrogen) atoms. The molecule has 0 spiro atoms. The van der Waals surface area contributed by atoms with Gasteiger partial charge in [-0.05, 0) is 61.4 Å². The third-order valence-corrected chi connectivity index (χ3v) is 6.15. The molecule has 0 saturated heterocycles. The van der Waals surface area contributed by atoms with Crippen LogP contribution in [0.3, 0.4) is 0 Å². The molecule has 1 aromatic heterocycles. The molecule has 0 unspecified atom stereocenters. The van der Waals surface area contributed by atoms with Crippen molar-refractivity contribution < 1.29 is 19.0 Å². The highest BCUT2D eigenvalue weighted by atomic mass is 16.5. The second-order valence-electron chi connectivity index (χ2n) is 8.43. The van der Waals surface area contributed by atoms with E-state index in [2.05, 4.69) is 11.5 Å². The summed E-state index contributed by atoms with van der Waals surface area (Å²) in [4.78, 5) is 13.2. The van der Waals surface area contributed by atoms with Crippen LogP contribution < -0.4 is 14.2 Å². The predicted molar refractivity (Wildman–Crippen MR) is 139 cm³/mol. The second-order valence-corrected chi connectivity index (χ2v) is 8.43. The lowest BCUT2D eigenvalue weighted by molar-refractivity contribution is 0.101. The number of rotatable bonds is 7. The Morgan fingerprint density at radius 1 is 1.03 bits per heavy atom. The van der Waals surface area contributed by atoms with E-state index in [1.165, 1.54) is 0 Å². The third kappa shape index (κ3) is 4.45. The van der Waals surface area contributed by atoms with E-state index < -0.39 is 0 Å². The van der Waals surface area contributed by atoms with E-state index >= 15 is 0 Å². The van der Waals surface area contributed by atoms with Crippen molar-refractivity contribution in [3.63, 3.8) is 0 Å². The molecule has 0 bridgehead atoms. The molecule has 3 aromatic carbocycles. The summed E-state index contributed by atoms with van der Waals surface area (Å²) in [6.45, 7) is 5.23. The smallest absolute Gasteiger partial charge is 0.232 e. The first-order valence-corrected chi connectivity index (χ1v) is 11.7. The van der Waals surface area contributed by atoms with Gasteiger partial charge in [-0.1, -0.05) is 36.4 Å². The Balaban J connectivity index is 1.39. The van der Waals surface area contributed by atoms with Crippen LogP contribution in [-0.2, 0) is 6.54 Å². The van der Waals surface area contributed by atoms with Crippen LogP contribution >= 0.6 is 0 Å². The van der Waals surface area contributed by atoms with Crippen LogP contribution in [0, 0.1) is 6.92 Å². The van der Waals surface area contributed by atoms with Crippen molar-refractivity contribution in [3.05, 3.63) is 101 Å². The van der Waals surface area contributed by atoms with Crippen LogP contribution in [0.2, 0.25) is 0 Å². The normalized spacial score (nSPS) is 14.0. The summed E-state index contributed by atoms with van der Waals surface area (Å²) in [5.41, 5.74) is 4.53. The molecule has 0 radical (unpaired) electrons. The minimum absolute atomic E-state index is 0.117. The fourth-order valence-electron chi connectivity index (χ4n) is 4.40. The van der Waals surface area contributed by atoms with Gasteiger partial charge in [0.1, 0.15) is 23.9 Å². The maximum Gasteiger partial charge on any atom is 0.232 e. The molecule has 4 aromatic rings. The summed E-state index contributed by atoms with van der Waals surface area (Å²) in [5.74, 6) is 2.16. The number of methoxy groups -OCH3 is 1. The Labute approximate surface area is 204 Å². The van der Waals surface area contributed by atoms with Crippen LogP contribution in [0.15, 0.2) is 78.7 Å². The number of fused-ring (bicyclic) bond motifs is 2. The van der Waals surface area contributed by atoms with E-state index in [1.807, 2.05) is 85.9 Å². The van der Waals surface area contributed by atoms with Gasteiger partial charge in [-0.25, -0.2) is 0 Å². The summed E-state index contributed by atoms with van der Waals surface area (Å²) in [6, 6.07) is 19.7. The highest BCUT2D eigenvalue weighted by Gasteiger charge is 2.30. The molecule has 5 rings (SSSR count). The Hall–Kier alpha value is -4.25. The maximum atomic E-state index is 13.2. The molecule has 1 aliphatic rings. The molecule has 176 valence electrons. The Morgan fingerprint density at radius 2 is 1.86 bits per heavy atom. The standard InChI is InChI=1S/C30H27NO4/c1-4-31-19-22(25-17-23(33-3)12-13-26(25)31)16-28-30(32)29-20(2)15-24(18-27(29)35-28)34-14-8-11-21-9-6-5-7-10-21/h5-13,15-19H,4,14H2,1-3H3/b11-8+,28-16-. The number of hydrogen-bond acceptors (Lipinski definition) is 4. The van der Waals surface area contributed by atoms with Crippen LogP contribution in [0.1, 0.15) is 34.0 Å². The van der Waals surface area contributed by atoms with Gasteiger partial charge in [0, 0.05) is 35.3 Å². The van der Waals surface area contributed by atoms with Crippen molar-refractivity contribution in [1.82, 2.24) is 4.57 Å². The molecular weight excluding hydrogens is 438 g/mol. The molecule has 0 atom stereocenters. The largest absolute Gasteiger partial charge is 0.497 e. The maximum absolute atomic E-state index is 13.2. The van der Waals surface area contributed by atoms with Crippen molar-refractivity contribution in [1.29, 1.82) is 0 Å². The summed E-state index contributed by atoms with van der Waals surface area (Å²) in [6.07, 6.45) is 7.84. The average Bonchev–Trinajstić information content (AvgIpc) is 3.39. The van der Waals surface area contributed by atoms with Crippen LogP contribution in [-0.4, -0.2) is 24.1 Å². The summed E-state index contributed by atoms with van der Waals surface area (Å²) >= 11 is 0. The molecular formula is C30H27NO4. The number of nitrogens with zero attached hydrogens (tertiary/aromatic N) is 1.